The molecule has 3 N–H and O–H groups in total. The Kier molecular flexibility index (Phi) is 4.24. The normalized spacial score (nSPS) is 11.6. The van der Waals surface area contributed by atoms with Crippen LogP contribution in [0, 0.1) is 6.92 Å². The number of benzene rings is 1. The standard InChI is InChI=1S/C14H14BrN3O2/c1-9-2-7-12(13(16)17-20)14(19)18(9)8-10-3-5-11(15)6-4-10/h2-7,20H,8H2,1H3,(H2,16,17). The SMILES string of the molecule is Cc1ccc(/C(N)=N/O)c(=O)n1Cc1ccc(Br)cc1. The van der Waals surface area contributed by atoms with Crippen LogP contribution >= 0.6 is 15.9 Å². The van der Waals surface area contributed by atoms with Crippen molar-refractivity contribution in [1.29, 1.82) is 0 Å². The van der Waals surface area contributed by atoms with E-state index in [-0.39, 0.29) is 17.0 Å². The summed E-state index contributed by atoms with van der Waals surface area (Å²) in [6, 6.07) is 11.0. The van der Waals surface area contributed by atoms with Gasteiger partial charge in [0, 0.05) is 10.2 Å². The summed E-state index contributed by atoms with van der Waals surface area (Å²) < 4.78 is 2.58. The lowest BCUT2D eigenvalue weighted by molar-refractivity contribution is 0.318. The molecule has 104 valence electrons. The van der Waals surface area contributed by atoms with Crippen LogP contribution in [0.25, 0.3) is 0 Å². The van der Waals surface area contributed by atoms with E-state index in [1.54, 1.807) is 16.7 Å². The summed E-state index contributed by atoms with van der Waals surface area (Å²) >= 11 is 3.37. The Labute approximate surface area is 124 Å². The predicted molar refractivity (Wildman–Crippen MR) is 81.2 cm³/mol. The maximum Gasteiger partial charge on any atom is 0.262 e. The molecule has 0 aliphatic carbocycles. The number of rotatable bonds is 3. The second-order valence-electron chi connectivity index (χ2n) is 4.39. The third-order valence-electron chi connectivity index (χ3n) is 3.03. The number of hydrogen-bond donors (Lipinski definition) is 2. The minimum Gasteiger partial charge on any atom is -0.409 e. The van der Waals surface area contributed by atoms with E-state index < -0.39 is 0 Å². The lowest BCUT2D eigenvalue weighted by Gasteiger charge is -2.11. The van der Waals surface area contributed by atoms with E-state index in [9.17, 15) is 4.79 Å². The van der Waals surface area contributed by atoms with E-state index in [1.165, 1.54) is 0 Å². The van der Waals surface area contributed by atoms with Gasteiger partial charge in [-0.15, -0.1) is 0 Å². The molecule has 0 saturated heterocycles. The zero-order valence-corrected chi connectivity index (χ0v) is 12.5. The topological polar surface area (TPSA) is 80.6 Å². The fourth-order valence-electron chi connectivity index (χ4n) is 1.89. The van der Waals surface area contributed by atoms with Gasteiger partial charge in [0.1, 0.15) is 0 Å². The third-order valence-corrected chi connectivity index (χ3v) is 3.56. The van der Waals surface area contributed by atoms with Crippen molar-refractivity contribution >= 4 is 21.8 Å². The van der Waals surface area contributed by atoms with Crippen LogP contribution in [0.2, 0.25) is 0 Å². The Morgan fingerprint density at radius 2 is 1.95 bits per heavy atom. The average Bonchev–Trinajstić information content (AvgIpc) is 2.45. The number of aryl methyl sites for hydroxylation is 1. The van der Waals surface area contributed by atoms with Crippen molar-refractivity contribution in [2.75, 3.05) is 0 Å². The average molecular weight is 336 g/mol. The molecular formula is C14H14BrN3O2. The Balaban J connectivity index is 2.46. The van der Waals surface area contributed by atoms with Gasteiger partial charge < -0.3 is 15.5 Å². The number of hydrogen-bond acceptors (Lipinski definition) is 3. The van der Waals surface area contributed by atoms with Crippen molar-refractivity contribution < 1.29 is 5.21 Å². The van der Waals surface area contributed by atoms with Crippen molar-refractivity contribution in [2.45, 2.75) is 13.5 Å². The molecule has 2 aromatic rings. The zero-order valence-electron chi connectivity index (χ0n) is 10.9. The van der Waals surface area contributed by atoms with E-state index in [1.807, 2.05) is 31.2 Å². The molecule has 1 aromatic carbocycles. The molecule has 5 nitrogen and oxygen atoms in total. The first-order valence-corrected chi connectivity index (χ1v) is 6.75. The van der Waals surface area contributed by atoms with Crippen LogP contribution in [0.1, 0.15) is 16.8 Å². The molecular weight excluding hydrogens is 322 g/mol. The Morgan fingerprint density at radius 3 is 2.55 bits per heavy atom. The second-order valence-corrected chi connectivity index (χ2v) is 5.31. The molecule has 0 atom stereocenters. The number of amidine groups is 1. The van der Waals surface area contributed by atoms with Gasteiger partial charge in [0.15, 0.2) is 5.84 Å². The second kappa shape index (κ2) is 5.92. The van der Waals surface area contributed by atoms with Crippen LogP contribution in [0.15, 0.2) is 50.8 Å². The predicted octanol–water partition coefficient (Wildman–Crippen LogP) is 2.06. The van der Waals surface area contributed by atoms with Crippen molar-refractivity contribution in [2.24, 2.45) is 10.9 Å². The summed E-state index contributed by atoms with van der Waals surface area (Å²) in [7, 11) is 0. The van der Waals surface area contributed by atoms with Crippen molar-refractivity contribution in [3.8, 4) is 0 Å². The molecule has 0 aliphatic rings. The van der Waals surface area contributed by atoms with Gasteiger partial charge in [-0.25, -0.2) is 0 Å². The number of nitrogens with two attached hydrogens (primary N) is 1. The summed E-state index contributed by atoms with van der Waals surface area (Å²) in [5.74, 6) is -0.181. The molecule has 0 amide bonds. The Morgan fingerprint density at radius 1 is 1.30 bits per heavy atom. The molecule has 20 heavy (non-hydrogen) atoms. The molecule has 1 aromatic heterocycles. The van der Waals surface area contributed by atoms with Crippen molar-refractivity contribution in [3.05, 3.63) is 68.0 Å². The minimum atomic E-state index is -0.275. The maximum absolute atomic E-state index is 12.3. The summed E-state index contributed by atoms with van der Waals surface area (Å²) in [6.45, 7) is 2.28. The number of aromatic nitrogens is 1. The van der Waals surface area contributed by atoms with Gasteiger partial charge in [0.05, 0.1) is 12.1 Å². The quantitative estimate of drug-likeness (QED) is 0.390. The fraction of sp³-hybridized carbons (Fsp3) is 0.143. The van der Waals surface area contributed by atoms with Crippen molar-refractivity contribution in [1.82, 2.24) is 4.57 Å². The van der Waals surface area contributed by atoms with Gasteiger partial charge in [-0.05, 0) is 36.8 Å². The highest BCUT2D eigenvalue weighted by atomic mass is 79.9. The number of pyridine rings is 1. The molecule has 0 fully saturated rings. The Hall–Kier alpha value is -2.08. The van der Waals surface area contributed by atoms with Gasteiger partial charge in [-0.3, -0.25) is 4.79 Å². The van der Waals surface area contributed by atoms with Gasteiger partial charge in [-0.1, -0.05) is 33.2 Å². The molecule has 1 heterocycles. The first kappa shape index (κ1) is 14.3. The van der Waals surface area contributed by atoms with Gasteiger partial charge in [-0.2, -0.15) is 0 Å². The lowest BCUT2D eigenvalue weighted by Crippen LogP contribution is -2.31. The third kappa shape index (κ3) is 2.91. The highest BCUT2D eigenvalue weighted by Gasteiger charge is 2.10. The van der Waals surface area contributed by atoms with E-state index >= 15 is 0 Å². The molecule has 0 bridgehead atoms. The van der Waals surface area contributed by atoms with E-state index in [0.29, 0.717) is 6.54 Å². The summed E-state index contributed by atoms with van der Waals surface area (Å²) in [5.41, 5.74) is 7.23. The van der Waals surface area contributed by atoms with Crippen LogP contribution in [0.3, 0.4) is 0 Å². The van der Waals surface area contributed by atoms with Crippen LogP contribution in [0.5, 0.6) is 0 Å². The molecule has 6 heteroatoms. The maximum atomic E-state index is 12.3. The van der Waals surface area contributed by atoms with E-state index in [2.05, 4.69) is 21.1 Å². The molecule has 0 saturated carbocycles. The van der Waals surface area contributed by atoms with Gasteiger partial charge >= 0.3 is 0 Å². The zero-order chi connectivity index (χ0) is 14.7. The van der Waals surface area contributed by atoms with Crippen molar-refractivity contribution in [3.63, 3.8) is 0 Å². The fourth-order valence-corrected chi connectivity index (χ4v) is 2.15. The highest BCUT2D eigenvalue weighted by molar-refractivity contribution is 9.10. The van der Waals surface area contributed by atoms with Gasteiger partial charge in [0.25, 0.3) is 5.56 Å². The van der Waals surface area contributed by atoms with Crippen LogP contribution < -0.4 is 11.3 Å². The first-order valence-electron chi connectivity index (χ1n) is 5.95. The minimum absolute atomic E-state index is 0.181. The molecule has 0 spiro atoms. The summed E-state index contributed by atoms with van der Waals surface area (Å²) in [5, 5.41) is 11.6. The molecule has 0 radical (unpaired) electrons. The van der Waals surface area contributed by atoms with Crippen LogP contribution in [-0.2, 0) is 6.54 Å². The lowest BCUT2D eigenvalue weighted by atomic mass is 10.2. The summed E-state index contributed by atoms with van der Waals surface area (Å²) in [6.07, 6.45) is 0. The molecule has 2 rings (SSSR count). The number of halogens is 1. The highest BCUT2D eigenvalue weighted by Crippen LogP contribution is 2.12. The molecule has 0 aliphatic heterocycles. The van der Waals surface area contributed by atoms with Crippen LogP contribution in [0.4, 0.5) is 0 Å². The number of oxime groups is 1. The Bertz CT molecular complexity index is 705. The summed E-state index contributed by atoms with van der Waals surface area (Å²) in [4.78, 5) is 12.3. The first-order chi connectivity index (χ1) is 9.52. The smallest absolute Gasteiger partial charge is 0.262 e. The van der Waals surface area contributed by atoms with E-state index in [4.69, 9.17) is 10.9 Å². The van der Waals surface area contributed by atoms with Gasteiger partial charge in [0.2, 0.25) is 0 Å². The van der Waals surface area contributed by atoms with E-state index in [0.717, 1.165) is 15.7 Å². The van der Waals surface area contributed by atoms with Crippen LogP contribution in [-0.4, -0.2) is 15.6 Å². The molecule has 0 unspecified atom stereocenters. The number of nitrogens with zero attached hydrogens (tertiary/aromatic N) is 2. The largest absolute Gasteiger partial charge is 0.409 e. The monoisotopic (exact) mass is 335 g/mol.